The number of halogens is 1. The molecule has 1 aromatic carbocycles. The van der Waals surface area contributed by atoms with Crippen molar-refractivity contribution in [2.75, 3.05) is 24.8 Å². The van der Waals surface area contributed by atoms with E-state index >= 15 is 0 Å². The van der Waals surface area contributed by atoms with Crippen LogP contribution in [0.25, 0.3) is 0 Å². The number of nitrogen functional groups attached to an aromatic ring is 1. The number of hydrogen-bond acceptors (Lipinski definition) is 4. The van der Waals surface area contributed by atoms with Gasteiger partial charge in [0.15, 0.2) is 0 Å². The summed E-state index contributed by atoms with van der Waals surface area (Å²) in [5.74, 6) is 0.0843. The van der Waals surface area contributed by atoms with Crippen LogP contribution in [0.5, 0.6) is 5.75 Å². The van der Waals surface area contributed by atoms with Crippen molar-refractivity contribution in [3.05, 3.63) is 48.0 Å². The number of nitrogens with zero attached hydrogens (tertiary/aromatic N) is 2. The summed E-state index contributed by atoms with van der Waals surface area (Å²) >= 11 is 0. The highest BCUT2D eigenvalue weighted by Crippen LogP contribution is 2.30. The largest absolute Gasteiger partial charge is 0.495 e. The highest BCUT2D eigenvalue weighted by Gasteiger charge is 2.12. The fraction of sp³-hybridized carbons (Fsp3) is 0.214. The number of nitrogens with two attached hydrogens (primary N) is 1. The summed E-state index contributed by atoms with van der Waals surface area (Å²) in [6.07, 6.45) is 1.71. The summed E-state index contributed by atoms with van der Waals surface area (Å²) in [4.78, 5) is 5.98. The fourth-order valence-electron chi connectivity index (χ4n) is 1.85. The van der Waals surface area contributed by atoms with E-state index in [2.05, 4.69) is 4.98 Å². The average molecular weight is 261 g/mol. The number of aromatic nitrogens is 1. The van der Waals surface area contributed by atoms with Gasteiger partial charge in [0.2, 0.25) is 0 Å². The van der Waals surface area contributed by atoms with Crippen LogP contribution in [0.1, 0.15) is 5.69 Å². The zero-order valence-corrected chi connectivity index (χ0v) is 10.9. The van der Waals surface area contributed by atoms with E-state index in [0.29, 0.717) is 18.0 Å². The Morgan fingerprint density at radius 1 is 1.37 bits per heavy atom. The summed E-state index contributed by atoms with van der Waals surface area (Å²) in [6, 6.07) is 8.49. The molecule has 2 N–H and O–H groups in total. The Morgan fingerprint density at radius 3 is 2.79 bits per heavy atom. The molecule has 0 unspecified atom stereocenters. The first-order chi connectivity index (χ1) is 9.11. The van der Waals surface area contributed by atoms with Gasteiger partial charge in [0.05, 0.1) is 30.7 Å². The van der Waals surface area contributed by atoms with Gasteiger partial charge in [0.1, 0.15) is 11.6 Å². The van der Waals surface area contributed by atoms with Crippen LogP contribution >= 0.6 is 0 Å². The second kappa shape index (κ2) is 5.56. The number of hydrogen-bond donors (Lipinski definition) is 1. The Morgan fingerprint density at radius 2 is 2.16 bits per heavy atom. The van der Waals surface area contributed by atoms with Gasteiger partial charge in [-0.15, -0.1) is 0 Å². The number of anilines is 2. The van der Waals surface area contributed by atoms with Gasteiger partial charge in [-0.2, -0.15) is 0 Å². The first-order valence-electron chi connectivity index (χ1n) is 5.86. The van der Waals surface area contributed by atoms with Crippen LogP contribution in [0, 0.1) is 5.82 Å². The smallest absolute Gasteiger partial charge is 0.148 e. The van der Waals surface area contributed by atoms with Crippen molar-refractivity contribution in [2.24, 2.45) is 0 Å². The lowest BCUT2D eigenvalue weighted by Gasteiger charge is -2.20. The highest BCUT2D eigenvalue weighted by atomic mass is 19.1. The van der Waals surface area contributed by atoms with Crippen LogP contribution in [0.2, 0.25) is 0 Å². The van der Waals surface area contributed by atoms with Gasteiger partial charge in [0, 0.05) is 25.4 Å². The Balaban J connectivity index is 2.26. The molecule has 0 spiro atoms. The molecule has 0 saturated carbocycles. The lowest BCUT2D eigenvalue weighted by molar-refractivity contribution is 0.416. The monoisotopic (exact) mass is 261 g/mol. The molecule has 1 heterocycles. The highest BCUT2D eigenvalue weighted by molar-refractivity contribution is 5.63. The lowest BCUT2D eigenvalue weighted by Crippen LogP contribution is -2.18. The summed E-state index contributed by atoms with van der Waals surface area (Å²) < 4.78 is 19.0. The van der Waals surface area contributed by atoms with Crippen molar-refractivity contribution in [3.8, 4) is 5.75 Å². The zero-order chi connectivity index (χ0) is 13.8. The SMILES string of the molecule is COc1cc(N(C)Cc2ccccn2)c(F)cc1N. The normalized spacial score (nSPS) is 10.3. The molecule has 1 aromatic heterocycles. The fourth-order valence-corrected chi connectivity index (χ4v) is 1.85. The standard InChI is InChI=1S/C14H16FN3O/c1-18(9-10-5-3-4-6-17-10)13-8-14(19-2)12(16)7-11(13)15/h3-8H,9,16H2,1-2H3. The van der Waals surface area contributed by atoms with Crippen LogP contribution in [0.15, 0.2) is 36.5 Å². The summed E-state index contributed by atoms with van der Waals surface area (Å²) in [7, 11) is 3.30. The number of benzene rings is 1. The number of methoxy groups -OCH3 is 1. The molecule has 0 aliphatic carbocycles. The molecular formula is C14H16FN3O. The molecule has 4 nitrogen and oxygen atoms in total. The molecule has 2 rings (SSSR count). The Hall–Kier alpha value is -2.30. The van der Waals surface area contributed by atoms with E-state index in [-0.39, 0.29) is 11.5 Å². The van der Waals surface area contributed by atoms with Crippen LogP contribution in [0.4, 0.5) is 15.8 Å². The van der Waals surface area contributed by atoms with Crippen LogP contribution in [-0.2, 0) is 6.54 Å². The third kappa shape index (κ3) is 2.93. The van der Waals surface area contributed by atoms with Crippen molar-refractivity contribution in [1.29, 1.82) is 0 Å². The first-order valence-corrected chi connectivity index (χ1v) is 5.86. The van der Waals surface area contributed by atoms with Gasteiger partial charge >= 0.3 is 0 Å². The Kier molecular flexibility index (Phi) is 3.85. The van der Waals surface area contributed by atoms with Gasteiger partial charge in [-0.3, -0.25) is 4.98 Å². The van der Waals surface area contributed by atoms with Crippen molar-refractivity contribution in [2.45, 2.75) is 6.54 Å². The Bertz CT molecular complexity index is 560. The van der Waals surface area contributed by atoms with Gasteiger partial charge in [-0.25, -0.2) is 4.39 Å². The predicted octanol–water partition coefficient (Wildman–Crippen LogP) is 2.45. The Labute approximate surface area is 111 Å². The van der Waals surface area contributed by atoms with E-state index in [4.69, 9.17) is 10.5 Å². The molecule has 0 aliphatic rings. The van der Waals surface area contributed by atoms with Crippen molar-refractivity contribution >= 4 is 11.4 Å². The third-order valence-electron chi connectivity index (χ3n) is 2.84. The quantitative estimate of drug-likeness (QED) is 0.859. The second-order valence-corrected chi connectivity index (χ2v) is 4.22. The van der Waals surface area contributed by atoms with Gasteiger partial charge in [0.25, 0.3) is 0 Å². The molecule has 0 radical (unpaired) electrons. The zero-order valence-electron chi connectivity index (χ0n) is 10.9. The molecule has 100 valence electrons. The number of rotatable bonds is 4. The second-order valence-electron chi connectivity index (χ2n) is 4.22. The number of pyridine rings is 1. The minimum Gasteiger partial charge on any atom is -0.495 e. The minimum atomic E-state index is -0.378. The van der Waals surface area contributed by atoms with Crippen LogP contribution in [-0.4, -0.2) is 19.1 Å². The molecule has 0 bridgehead atoms. The van der Waals surface area contributed by atoms with E-state index in [1.165, 1.54) is 13.2 Å². The van der Waals surface area contributed by atoms with Crippen LogP contribution in [0.3, 0.4) is 0 Å². The molecule has 0 aliphatic heterocycles. The summed E-state index contributed by atoms with van der Waals surface area (Å²) in [6.45, 7) is 0.505. The maximum Gasteiger partial charge on any atom is 0.148 e. The first kappa shape index (κ1) is 13.1. The van der Waals surface area contributed by atoms with E-state index in [1.54, 1.807) is 24.2 Å². The topological polar surface area (TPSA) is 51.4 Å². The van der Waals surface area contributed by atoms with E-state index in [1.807, 2.05) is 18.2 Å². The van der Waals surface area contributed by atoms with E-state index in [0.717, 1.165) is 5.69 Å². The lowest BCUT2D eigenvalue weighted by atomic mass is 10.2. The maximum absolute atomic E-state index is 13.9. The van der Waals surface area contributed by atoms with Gasteiger partial charge in [-0.1, -0.05) is 6.07 Å². The van der Waals surface area contributed by atoms with E-state index in [9.17, 15) is 4.39 Å². The molecule has 0 fully saturated rings. The maximum atomic E-state index is 13.9. The molecule has 0 atom stereocenters. The third-order valence-corrected chi connectivity index (χ3v) is 2.84. The van der Waals surface area contributed by atoms with Crippen molar-refractivity contribution < 1.29 is 9.13 Å². The summed E-state index contributed by atoms with van der Waals surface area (Å²) in [5.41, 5.74) is 7.23. The van der Waals surface area contributed by atoms with Crippen molar-refractivity contribution in [1.82, 2.24) is 4.98 Å². The van der Waals surface area contributed by atoms with Gasteiger partial charge in [-0.05, 0) is 12.1 Å². The molecular weight excluding hydrogens is 245 g/mol. The molecule has 0 saturated heterocycles. The molecule has 0 amide bonds. The molecule has 2 aromatic rings. The van der Waals surface area contributed by atoms with Crippen LogP contribution < -0.4 is 15.4 Å². The van der Waals surface area contributed by atoms with E-state index < -0.39 is 0 Å². The van der Waals surface area contributed by atoms with Gasteiger partial charge < -0.3 is 15.4 Å². The molecule has 19 heavy (non-hydrogen) atoms. The average Bonchev–Trinajstić information content (AvgIpc) is 2.40. The predicted molar refractivity (Wildman–Crippen MR) is 73.7 cm³/mol. The summed E-state index contributed by atoms with van der Waals surface area (Å²) in [5, 5.41) is 0. The minimum absolute atomic E-state index is 0.287. The number of ether oxygens (including phenoxy) is 1. The molecule has 5 heteroatoms. The van der Waals surface area contributed by atoms with Crippen molar-refractivity contribution in [3.63, 3.8) is 0 Å².